The molecular weight excluding hydrogens is 476 g/mol. The second-order valence-corrected chi connectivity index (χ2v) is 11.0. The van der Waals surface area contributed by atoms with Crippen LogP contribution < -0.4 is 0 Å². The number of piperidine rings is 1. The fraction of sp³-hybridized carbons (Fsp3) is 0.440. The fourth-order valence-electron chi connectivity index (χ4n) is 4.88. The first-order valence-corrected chi connectivity index (χ1v) is 13.4. The van der Waals surface area contributed by atoms with Crippen LogP contribution in [-0.4, -0.2) is 62.3 Å². The van der Waals surface area contributed by atoms with Gasteiger partial charge in [-0.2, -0.15) is 0 Å². The molecule has 2 aliphatic heterocycles. The maximum absolute atomic E-state index is 12.8. The highest BCUT2D eigenvalue weighted by Gasteiger charge is 2.41. The van der Waals surface area contributed by atoms with Gasteiger partial charge in [0, 0.05) is 18.1 Å². The summed E-state index contributed by atoms with van der Waals surface area (Å²) in [6, 6.07) is 14.3. The number of hydrogen-bond donors (Lipinski definition) is 0. The first-order valence-electron chi connectivity index (χ1n) is 11.6. The molecule has 0 bridgehead atoms. The summed E-state index contributed by atoms with van der Waals surface area (Å²) in [5.74, 6) is -0.820. The molecule has 9 heteroatoms. The molecule has 4 rings (SSSR count). The average molecular weight is 505 g/mol. The number of fused-ring (bicyclic) bond motifs is 1. The highest BCUT2D eigenvalue weighted by Crippen LogP contribution is 2.35. The summed E-state index contributed by atoms with van der Waals surface area (Å²) in [4.78, 5) is 27.6. The topological polar surface area (TPSA) is 84.0 Å². The first-order chi connectivity index (χ1) is 16.3. The van der Waals surface area contributed by atoms with Gasteiger partial charge < -0.3 is 9.64 Å². The van der Waals surface area contributed by atoms with Crippen molar-refractivity contribution < 1.29 is 22.7 Å². The van der Waals surface area contributed by atoms with Gasteiger partial charge >= 0.3 is 5.97 Å². The summed E-state index contributed by atoms with van der Waals surface area (Å²) in [6.07, 6.45) is 2.10. The first kappa shape index (κ1) is 24.7. The SMILES string of the molecule is CCOC(=O)C1CN(CCCCN2C(=O)c3cc(Cl)ccc3S2(=O)=O)CCC1c1ccccc1. The number of halogens is 1. The molecule has 2 aromatic carbocycles. The van der Waals surface area contributed by atoms with Crippen molar-refractivity contribution in [2.45, 2.75) is 37.0 Å². The molecule has 1 saturated heterocycles. The quantitative estimate of drug-likeness (QED) is 0.400. The Bertz CT molecular complexity index is 1160. The molecular formula is C25H29ClN2O5S. The van der Waals surface area contributed by atoms with Crippen molar-refractivity contribution in [3.05, 3.63) is 64.7 Å². The molecule has 1 amide bonds. The molecule has 34 heavy (non-hydrogen) atoms. The molecule has 182 valence electrons. The Morgan fingerprint density at radius 1 is 1.12 bits per heavy atom. The van der Waals surface area contributed by atoms with Gasteiger partial charge in [-0.05, 0) is 69.0 Å². The molecule has 2 aliphatic rings. The molecule has 7 nitrogen and oxygen atoms in total. The van der Waals surface area contributed by atoms with E-state index < -0.39 is 15.9 Å². The second-order valence-electron chi connectivity index (χ2n) is 8.69. The van der Waals surface area contributed by atoms with Crippen LogP contribution in [0.15, 0.2) is 53.4 Å². The van der Waals surface area contributed by atoms with E-state index in [1.54, 1.807) is 0 Å². The number of hydrogen-bond acceptors (Lipinski definition) is 6. The van der Waals surface area contributed by atoms with Crippen molar-refractivity contribution >= 4 is 33.5 Å². The van der Waals surface area contributed by atoms with Gasteiger partial charge in [0.15, 0.2) is 0 Å². The summed E-state index contributed by atoms with van der Waals surface area (Å²) in [6.45, 7) is 4.45. The summed E-state index contributed by atoms with van der Waals surface area (Å²) in [5.41, 5.74) is 1.28. The summed E-state index contributed by atoms with van der Waals surface area (Å²) >= 11 is 5.94. The van der Waals surface area contributed by atoms with Gasteiger partial charge in [-0.3, -0.25) is 9.59 Å². The average Bonchev–Trinajstić information content (AvgIpc) is 3.02. The number of unbranched alkanes of at least 4 members (excludes halogenated alkanes) is 1. The van der Waals surface area contributed by atoms with Gasteiger partial charge in [-0.1, -0.05) is 41.9 Å². The van der Waals surface area contributed by atoms with Gasteiger partial charge in [0.05, 0.1) is 18.1 Å². The maximum Gasteiger partial charge on any atom is 0.310 e. The van der Waals surface area contributed by atoms with Crippen molar-refractivity contribution in [3.8, 4) is 0 Å². The third-order valence-electron chi connectivity index (χ3n) is 6.57. The molecule has 0 aromatic heterocycles. The number of carbonyl (C=O) groups excluding carboxylic acids is 2. The van der Waals surface area contributed by atoms with Crippen LogP contribution in [0.2, 0.25) is 5.02 Å². The van der Waals surface area contributed by atoms with Crippen molar-refractivity contribution in [3.63, 3.8) is 0 Å². The van der Waals surface area contributed by atoms with Gasteiger partial charge in [0.2, 0.25) is 0 Å². The molecule has 2 aromatic rings. The van der Waals surface area contributed by atoms with Crippen LogP contribution in [0.5, 0.6) is 0 Å². The van der Waals surface area contributed by atoms with Crippen molar-refractivity contribution in [1.82, 2.24) is 9.21 Å². The Hall–Kier alpha value is -2.42. The summed E-state index contributed by atoms with van der Waals surface area (Å²) in [5, 5.41) is 0.333. The Labute approximate surface area is 205 Å². The number of likely N-dealkylation sites (tertiary alicyclic amines) is 1. The number of sulfonamides is 1. The van der Waals surface area contributed by atoms with E-state index in [1.807, 2.05) is 25.1 Å². The van der Waals surface area contributed by atoms with E-state index in [-0.39, 0.29) is 34.8 Å². The predicted molar refractivity (Wildman–Crippen MR) is 129 cm³/mol. The van der Waals surface area contributed by atoms with E-state index in [2.05, 4.69) is 17.0 Å². The monoisotopic (exact) mass is 504 g/mol. The molecule has 2 heterocycles. The minimum atomic E-state index is -3.83. The smallest absolute Gasteiger partial charge is 0.310 e. The zero-order valence-corrected chi connectivity index (χ0v) is 20.7. The molecule has 1 fully saturated rings. The van der Waals surface area contributed by atoms with E-state index in [0.29, 0.717) is 31.0 Å². The Kier molecular flexibility index (Phi) is 7.60. The van der Waals surface area contributed by atoms with Crippen LogP contribution in [0.3, 0.4) is 0 Å². The Morgan fingerprint density at radius 3 is 2.59 bits per heavy atom. The lowest BCUT2D eigenvalue weighted by atomic mass is 9.80. The standard InChI is InChI=1S/C25H29ClN2O5S/c1-2-33-25(30)22-17-27(15-12-20(22)18-8-4-3-5-9-18)13-6-7-14-28-24(29)21-16-19(26)10-11-23(21)34(28,31)32/h3-5,8-11,16,20,22H,2,6-7,12-15,17H2,1H3. The van der Waals surface area contributed by atoms with Gasteiger partial charge in [-0.25, -0.2) is 12.7 Å². The van der Waals surface area contributed by atoms with E-state index in [4.69, 9.17) is 16.3 Å². The van der Waals surface area contributed by atoms with Crippen molar-refractivity contribution in [2.24, 2.45) is 5.92 Å². The number of nitrogens with zero attached hydrogens (tertiary/aromatic N) is 2. The molecule has 2 unspecified atom stereocenters. The van der Waals surface area contributed by atoms with E-state index in [1.165, 1.54) is 18.2 Å². The zero-order chi connectivity index (χ0) is 24.3. The lowest BCUT2D eigenvalue weighted by Gasteiger charge is -2.37. The largest absolute Gasteiger partial charge is 0.466 e. The van der Waals surface area contributed by atoms with Gasteiger partial charge in [-0.15, -0.1) is 0 Å². The molecule has 0 aliphatic carbocycles. The minimum Gasteiger partial charge on any atom is -0.466 e. The van der Waals surface area contributed by atoms with Crippen molar-refractivity contribution in [1.29, 1.82) is 0 Å². The van der Waals surface area contributed by atoms with E-state index >= 15 is 0 Å². The van der Waals surface area contributed by atoms with Crippen LogP contribution in [0.1, 0.15) is 48.0 Å². The number of ether oxygens (including phenoxy) is 1. The van der Waals surface area contributed by atoms with Crippen LogP contribution >= 0.6 is 11.6 Å². The molecule has 0 N–H and O–H groups in total. The molecule has 0 spiro atoms. The fourth-order valence-corrected chi connectivity index (χ4v) is 6.64. The highest BCUT2D eigenvalue weighted by atomic mass is 35.5. The third-order valence-corrected chi connectivity index (χ3v) is 8.64. The number of rotatable bonds is 8. The predicted octanol–water partition coefficient (Wildman–Crippen LogP) is 3.93. The summed E-state index contributed by atoms with van der Waals surface area (Å²) < 4.78 is 31.8. The van der Waals surface area contributed by atoms with Crippen LogP contribution in [-0.2, 0) is 19.6 Å². The number of esters is 1. The van der Waals surface area contributed by atoms with Crippen LogP contribution in [0, 0.1) is 5.92 Å². The third kappa shape index (κ3) is 4.99. The lowest BCUT2D eigenvalue weighted by molar-refractivity contribution is -0.150. The van der Waals surface area contributed by atoms with Crippen LogP contribution in [0.4, 0.5) is 0 Å². The molecule has 0 radical (unpaired) electrons. The van der Waals surface area contributed by atoms with Gasteiger partial charge in [0.1, 0.15) is 4.90 Å². The Morgan fingerprint density at radius 2 is 1.85 bits per heavy atom. The Balaban J connectivity index is 1.34. The van der Waals surface area contributed by atoms with Crippen molar-refractivity contribution in [2.75, 3.05) is 32.8 Å². The second kappa shape index (κ2) is 10.5. The molecule has 0 saturated carbocycles. The zero-order valence-electron chi connectivity index (χ0n) is 19.2. The highest BCUT2D eigenvalue weighted by molar-refractivity contribution is 7.90. The number of carbonyl (C=O) groups is 2. The lowest BCUT2D eigenvalue weighted by Crippen LogP contribution is -2.44. The summed E-state index contributed by atoms with van der Waals surface area (Å²) in [7, 11) is -3.83. The number of benzene rings is 2. The van der Waals surface area contributed by atoms with E-state index in [9.17, 15) is 18.0 Å². The molecule has 2 atom stereocenters. The van der Waals surface area contributed by atoms with Gasteiger partial charge in [0.25, 0.3) is 15.9 Å². The normalized spacial score (nSPS) is 21.9. The minimum absolute atomic E-state index is 0.0159. The van der Waals surface area contributed by atoms with Crippen LogP contribution in [0.25, 0.3) is 0 Å². The maximum atomic E-state index is 12.8. The number of amides is 1. The van der Waals surface area contributed by atoms with E-state index in [0.717, 1.165) is 29.4 Å².